The van der Waals surface area contributed by atoms with E-state index in [1.165, 1.54) is 18.9 Å². The van der Waals surface area contributed by atoms with Gasteiger partial charge < -0.3 is 10.1 Å². The van der Waals surface area contributed by atoms with Crippen LogP contribution in [0.4, 0.5) is 5.69 Å². The van der Waals surface area contributed by atoms with Crippen LogP contribution in [0.25, 0.3) is 0 Å². The zero-order valence-corrected chi connectivity index (χ0v) is 12.1. The lowest BCUT2D eigenvalue weighted by molar-refractivity contribution is -0.386. The number of nitrogens with zero attached hydrogens (tertiary/aromatic N) is 1. The molecular weight excluding hydrogens is 256 g/mol. The van der Waals surface area contributed by atoms with Gasteiger partial charge in [0.05, 0.1) is 11.0 Å². The Labute approximate surface area is 119 Å². The molecule has 1 fully saturated rings. The molecular formula is C15H22N2O3. The van der Waals surface area contributed by atoms with E-state index in [4.69, 9.17) is 4.74 Å². The van der Waals surface area contributed by atoms with Gasteiger partial charge in [0, 0.05) is 18.7 Å². The third kappa shape index (κ3) is 4.20. The molecule has 2 rings (SSSR count). The lowest BCUT2D eigenvalue weighted by atomic mass is 10.1. The maximum absolute atomic E-state index is 11.1. The Morgan fingerprint density at radius 2 is 2.25 bits per heavy atom. The van der Waals surface area contributed by atoms with Crippen molar-refractivity contribution >= 4 is 5.69 Å². The highest BCUT2D eigenvalue weighted by Gasteiger charge is 2.21. The highest BCUT2D eigenvalue weighted by Crippen LogP contribution is 2.30. The third-order valence-electron chi connectivity index (χ3n) is 3.42. The summed E-state index contributed by atoms with van der Waals surface area (Å²) < 4.78 is 5.74. The number of nitrogens with one attached hydrogen (secondary N) is 1. The number of nitro benzene ring substituents is 1. The summed E-state index contributed by atoms with van der Waals surface area (Å²) in [5.41, 5.74) is 1.07. The molecule has 1 N–H and O–H groups in total. The maximum atomic E-state index is 11.1. The first-order valence-electron chi connectivity index (χ1n) is 7.27. The second-order valence-electron chi connectivity index (χ2n) is 5.43. The molecule has 0 saturated heterocycles. The topological polar surface area (TPSA) is 64.4 Å². The van der Waals surface area contributed by atoms with Crippen LogP contribution in [0.2, 0.25) is 0 Å². The molecule has 1 aliphatic carbocycles. The molecule has 5 nitrogen and oxygen atoms in total. The van der Waals surface area contributed by atoms with E-state index in [9.17, 15) is 10.1 Å². The molecule has 0 bridgehead atoms. The summed E-state index contributed by atoms with van der Waals surface area (Å²) in [6.07, 6.45) is 4.33. The van der Waals surface area contributed by atoms with Crippen molar-refractivity contribution in [1.29, 1.82) is 0 Å². The normalized spacial score (nSPS) is 15.9. The summed E-state index contributed by atoms with van der Waals surface area (Å²) in [7, 11) is 0. The predicted octanol–water partition coefficient (Wildman–Crippen LogP) is 3.41. The Morgan fingerprint density at radius 1 is 1.50 bits per heavy atom. The summed E-state index contributed by atoms with van der Waals surface area (Å²) in [6, 6.07) is 5.75. The van der Waals surface area contributed by atoms with Gasteiger partial charge in [0.1, 0.15) is 0 Å². The summed E-state index contributed by atoms with van der Waals surface area (Å²) in [6.45, 7) is 4.76. The fourth-order valence-electron chi connectivity index (χ4n) is 2.15. The van der Waals surface area contributed by atoms with Gasteiger partial charge in [-0.2, -0.15) is 0 Å². The van der Waals surface area contributed by atoms with Crippen molar-refractivity contribution in [2.45, 2.75) is 58.2 Å². The Kier molecular flexibility index (Phi) is 4.95. The van der Waals surface area contributed by atoms with Crippen LogP contribution in [-0.2, 0) is 6.54 Å². The maximum Gasteiger partial charge on any atom is 0.310 e. The van der Waals surface area contributed by atoms with Crippen molar-refractivity contribution in [1.82, 2.24) is 5.32 Å². The Morgan fingerprint density at radius 3 is 2.85 bits per heavy atom. The molecule has 1 aromatic rings. The van der Waals surface area contributed by atoms with E-state index >= 15 is 0 Å². The second-order valence-corrected chi connectivity index (χ2v) is 5.43. The van der Waals surface area contributed by atoms with Gasteiger partial charge in [0.15, 0.2) is 5.75 Å². The van der Waals surface area contributed by atoms with Gasteiger partial charge in [-0.15, -0.1) is 0 Å². The third-order valence-corrected chi connectivity index (χ3v) is 3.42. The van der Waals surface area contributed by atoms with Crippen LogP contribution in [0.5, 0.6) is 5.75 Å². The number of hydrogen-bond acceptors (Lipinski definition) is 4. The lowest BCUT2D eigenvalue weighted by Crippen LogP contribution is -2.16. The fraction of sp³-hybridized carbons (Fsp3) is 0.600. The van der Waals surface area contributed by atoms with Gasteiger partial charge in [-0.3, -0.25) is 10.1 Å². The van der Waals surface area contributed by atoms with Crippen LogP contribution >= 0.6 is 0 Å². The van der Waals surface area contributed by atoms with Crippen molar-refractivity contribution < 1.29 is 9.66 Å². The number of benzene rings is 1. The molecule has 110 valence electrons. The minimum absolute atomic E-state index is 0.00894. The standard InChI is InChI=1S/C15H22N2O3/c1-3-4-11(2)20-15-9-12(10-16-13-6-7-13)5-8-14(15)17(18)19/h5,8-9,11,13,16H,3-4,6-7,10H2,1-2H3. The quantitative estimate of drug-likeness (QED) is 0.584. The summed E-state index contributed by atoms with van der Waals surface area (Å²) in [5, 5.41) is 14.5. The van der Waals surface area contributed by atoms with E-state index in [0.29, 0.717) is 11.8 Å². The Bertz CT molecular complexity index is 472. The van der Waals surface area contributed by atoms with E-state index in [-0.39, 0.29) is 16.7 Å². The van der Waals surface area contributed by atoms with Crippen LogP contribution < -0.4 is 10.1 Å². The van der Waals surface area contributed by atoms with E-state index < -0.39 is 0 Å². The first kappa shape index (κ1) is 14.8. The van der Waals surface area contributed by atoms with E-state index in [0.717, 1.165) is 24.9 Å². The smallest absolute Gasteiger partial charge is 0.310 e. The van der Waals surface area contributed by atoms with Gasteiger partial charge in [0.2, 0.25) is 0 Å². The van der Waals surface area contributed by atoms with E-state index in [1.54, 1.807) is 12.1 Å². The molecule has 0 radical (unpaired) electrons. The van der Waals surface area contributed by atoms with Crippen LogP contribution in [0.3, 0.4) is 0 Å². The molecule has 5 heteroatoms. The highest BCUT2D eigenvalue weighted by molar-refractivity contribution is 5.48. The molecule has 0 spiro atoms. The SMILES string of the molecule is CCCC(C)Oc1cc(CNC2CC2)ccc1[N+](=O)[O-]. The summed E-state index contributed by atoms with van der Waals surface area (Å²) in [4.78, 5) is 10.7. The predicted molar refractivity (Wildman–Crippen MR) is 78.0 cm³/mol. The lowest BCUT2D eigenvalue weighted by Gasteiger charge is -2.14. The number of nitro groups is 1. The fourth-order valence-corrected chi connectivity index (χ4v) is 2.15. The van der Waals surface area contributed by atoms with Gasteiger partial charge in [-0.25, -0.2) is 0 Å². The van der Waals surface area contributed by atoms with Crippen molar-refractivity contribution in [3.8, 4) is 5.75 Å². The minimum Gasteiger partial charge on any atom is -0.484 e. The average molecular weight is 278 g/mol. The minimum atomic E-state index is -0.383. The van der Waals surface area contributed by atoms with Crippen LogP contribution in [0, 0.1) is 10.1 Å². The molecule has 1 unspecified atom stereocenters. The van der Waals surface area contributed by atoms with E-state index in [1.807, 2.05) is 6.92 Å². The average Bonchev–Trinajstić information content (AvgIpc) is 3.20. The monoisotopic (exact) mass is 278 g/mol. The molecule has 1 aromatic carbocycles. The van der Waals surface area contributed by atoms with E-state index in [2.05, 4.69) is 12.2 Å². The van der Waals surface area contributed by atoms with Crippen molar-refractivity contribution in [3.63, 3.8) is 0 Å². The van der Waals surface area contributed by atoms with Crippen molar-refractivity contribution in [2.24, 2.45) is 0 Å². The van der Waals surface area contributed by atoms with Crippen LogP contribution in [0.15, 0.2) is 18.2 Å². The van der Waals surface area contributed by atoms with Gasteiger partial charge >= 0.3 is 5.69 Å². The van der Waals surface area contributed by atoms with Crippen LogP contribution in [-0.4, -0.2) is 17.1 Å². The second kappa shape index (κ2) is 6.70. The molecule has 0 aliphatic heterocycles. The zero-order chi connectivity index (χ0) is 14.5. The zero-order valence-electron chi connectivity index (χ0n) is 12.1. The number of rotatable bonds is 8. The first-order valence-corrected chi connectivity index (χ1v) is 7.27. The van der Waals surface area contributed by atoms with Crippen molar-refractivity contribution in [3.05, 3.63) is 33.9 Å². The summed E-state index contributed by atoms with van der Waals surface area (Å²) >= 11 is 0. The van der Waals surface area contributed by atoms with Crippen LogP contribution in [0.1, 0.15) is 45.1 Å². The van der Waals surface area contributed by atoms with Gasteiger partial charge in [-0.1, -0.05) is 19.4 Å². The molecule has 0 heterocycles. The molecule has 1 atom stereocenters. The largest absolute Gasteiger partial charge is 0.484 e. The Hall–Kier alpha value is -1.62. The molecule has 0 aromatic heterocycles. The Balaban J connectivity index is 2.10. The highest BCUT2D eigenvalue weighted by atomic mass is 16.6. The molecule has 0 amide bonds. The summed E-state index contributed by atoms with van der Waals surface area (Å²) in [5.74, 6) is 0.381. The van der Waals surface area contributed by atoms with Gasteiger partial charge in [-0.05, 0) is 37.8 Å². The van der Waals surface area contributed by atoms with Gasteiger partial charge in [0.25, 0.3) is 0 Å². The van der Waals surface area contributed by atoms with Crippen molar-refractivity contribution in [2.75, 3.05) is 0 Å². The molecule has 1 aliphatic rings. The first-order chi connectivity index (χ1) is 9.60. The molecule has 20 heavy (non-hydrogen) atoms. The molecule has 1 saturated carbocycles. The number of ether oxygens (including phenoxy) is 1. The number of hydrogen-bond donors (Lipinski definition) is 1.